The smallest absolute Gasteiger partial charge is 0.150 e. The third-order valence-corrected chi connectivity index (χ3v) is 6.26. The number of likely N-dealkylation sites (tertiary alicyclic amines) is 1. The summed E-state index contributed by atoms with van der Waals surface area (Å²) >= 11 is 6.34. The normalized spacial score (nSPS) is 15.8. The predicted octanol–water partition coefficient (Wildman–Crippen LogP) is 5.55. The van der Waals surface area contributed by atoms with Crippen molar-refractivity contribution in [1.29, 1.82) is 0 Å². The van der Waals surface area contributed by atoms with E-state index in [1.165, 1.54) is 30.6 Å². The molecule has 186 valence electrons. The summed E-state index contributed by atoms with van der Waals surface area (Å²) in [5, 5.41) is 3.76. The number of likely N-dealkylation sites (N-methyl/N-ethyl adjacent to an activating group) is 1. The number of ether oxygens (including phenoxy) is 2. The Morgan fingerprint density at radius 2 is 2.00 bits per heavy atom. The lowest BCUT2D eigenvalue weighted by atomic mass is 10.2. The van der Waals surface area contributed by atoms with Crippen molar-refractivity contribution >= 4 is 39.7 Å². The van der Waals surface area contributed by atoms with Crippen LogP contribution in [-0.4, -0.2) is 41.1 Å². The number of nitrogens with one attached hydrogen (secondary N) is 1. The fraction of sp³-hybridized carbons (Fsp3) is 0.231. The number of halogens is 3. The molecule has 0 saturated carbocycles. The molecule has 1 unspecified atom stereocenters. The standard InChI is InChI=1S/C26H24ClF2N5O2/c1-34-6-5-17(12-34)36-25-11-22-18(8-21(25)30)26(32-14-31-22)33-23-9-19(27)24(10-20(23)29)35-13-15-3-2-4-16(28)7-15/h2-4,7-11,14,17H,5-6,12-13,30H2,1H3,(H,31,32,33). The molecule has 36 heavy (non-hydrogen) atoms. The van der Waals surface area contributed by atoms with E-state index in [0.29, 0.717) is 33.7 Å². The number of fused-ring (bicyclic) bond motifs is 1. The summed E-state index contributed by atoms with van der Waals surface area (Å²) in [6.07, 6.45) is 2.36. The molecule has 2 heterocycles. The lowest BCUT2D eigenvalue weighted by Gasteiger charge is -2.17. The Labute approximate surface area is 211 Å². The maximum absolute atomic E-state index is 15.0. The predicted molar refractivity (Wildman–Crippen MR) is 136 cm³/mol. The molecule has 0 bridgehead atoms. The van der Waals surface area contributed by atoms with Gasteiger partial charge < -0.3 is 25.4 Å². The average molecular weight is 512 g/mol. The van der Waals surface area contributed by atoms with E-state index in [2.05, 4.69) is 20.2 Å². The van der Waals surface area contributed by atoms with Gasteiger partial charge in [0.15, 0.2) is 0 Å². The Hall–Kier alpha value is -3.69. The molecule has 3 aromatic carbocycles. The molecule has 1 atom stereocenters. The third kappa shape index (κ3) is 5.27. The summed E-state index contributed by atoms with van der Waals surface area (Å²) < 4.78 is 40.0. The number of nitrogens with zero attached hydrogens (tertiary/aromatic N) is 3. The Morgan fingerprint density at radius 1 is 1.14 bits per heavy atom. The van der Waals surface area contributed by atoms with Gasteiger partial charge in [0.1, 0.15) is 48.0 Å². The first kappa shape index (κ1) is 24.0. The van der Waals surface area contributed by atoms with Gasteiger partial charge in [0, 0.05) is 30.6 Å². The van der Waals surface area contributed by atoms with Crippen LogP contribution < -0.4 is 20.5 Å². The van der Waals surface area contributed by atoms with Crippen LogP contribution in [-0.2, 0) is 6.61 Å². The van der Waals surface area contributed by atoms with Gasteiger partial charge >= 0.3 is 0 Å². The van der Waals surface area contributed by atoms with Crippen molar-refractivity contribution in [3.63, 3.8) is 0 Å². The maximum atomic E-state index is 15.0. The molecule has 0 radical (unpaired) electrons. The van der Waals surface area contributed by atoms with Gasteiger partial charge in [-0.25, -0.2) is 18.7 Å². The number of hydrogen-bond acceptors (Lipinski definition) is 7. The van der Waals surface area contributed by atoms with Crippen LogP contribution in [0.2, 0.25) is 5.02 Å². The van der Waals surface area contributed by atoms with Gasteiger partial charge in [-0.15, -0.1) is 0 Å². The third-order valence-electron chi connectivity index (χ3n) is 5.97. The highest BCUT2D eigenvalue weighted by Crippen LogP contribution is 2.35. The Balaban J connectivity index is 1.36. The van der Waals surface area contributed by atoms with E-state index in [-0.39, 0.29) is 35.0 Å². The molecule has 7 nitrogen and oxygen atoms in total. The summed E-state index contributed by atoms with van der Waals surface area (Å²) in [6, 6.07) is 12.0. The van der Waals surface area contributed by atoms with Crippen molar-refractivity contribution in [1.82, 2.24) is 14.9 Å². The Morgan fingerprint density at radius 3 is 2.78 bits per heavy atom. The largest absolute Gasteiger partial charge is 0.487 e. The van der Waals surface area contributed by atoms with Gasteiger partial charge in [-0.3, -0.25) is 0 Å². The molecule has 3 N–H and O–H groups in total. The van der Waals surface area contributed by atoms with Crippen LogP contribution in [0.5, 0.6) is 11.5 Å². The van der Waals surface area contributed by atoms with Gasteiger partial charge in [0.2, 0.25) is 0 Å². The molecular formula is C26H24ClF2N5O2. The molecule has 0 amide bonds. The first-order valence-corrected chi connectivity index (χ1v) is 11.8. The van der Waals surface area contributed by atoms with E-state index in [0.717, 1.165) is 19.5 Å². The molecule has 5 rings (SSSR count). The zero-order chi connectivity index (χ0) is 25.2. The number of aromatic nitrogens is 2. The summed E-state index contributed by atoms with van der Waals surface area (Å²) in [6.45, 7) is 1.84. The molecule has 1 aliphatic heterocycles. The lowest BCUT2D eigenvalue weighted by Crippen LogP contribution is -2.21. The van der Waals surface area contributed by atoms with Crippen LogP contribution in [0.15, 0.2) is 54.9 Å². The second-order valence-electron chi connectivity index (χ2n) is 8.73. The minimum Gasteiger partial charge on any atom is -0.487 e. The molecule has 4 aromatic rings. The summed E-state index contributed by atoms with van der Waals surface area (Å²) in [5.74, 6) is 0.0815. The molecule has 0 spiro atoms. The van der Waals surface area contributed by atoms with Gasteiger partial charge in [0.25, 0.3) is 0 Å². The number of anilines is 3. The van der Waals surface area contributed by atoms with Crippen LogP contribution in [0.1, 0.15) is 12.0 Å². The van der Waals surface area contributed by atoms with Crippen LogP contribution in [0.3, 0.4) is 0 Å². The summed E-state index contributed by atoms with van der Waals surface area (Å²) in [5.41, 5.74) is 8.01. The SMILES string of the molecule is CN1CCC(Oc2cc3ncnc(Nc4cc(Cl)c(OCc5cccc(F)c5)cc4F)c3cc2N)C1. The van der Waals surface area contributed by atoms with Gasteiger partial charge in [0.05, 0.1) is 21.9 Å². The molecule has 10 heteroatoms. The summed E-state index contributed by atoms with van der Waals surface area (Å²) in [7, 11) is 2.05. The van der Waals surface area contributed by atoms with Crippen molar-refractivity contribution in [2.24, 2.45) is 0 Å². The fourth-order valence-electron chi connectivity index (χ4n) is 4.12. The minimum atomic E-state index is -0.598. The van der Waals surface area contributed by atoms with Crippen molar-refractivity contribution in [2.45, 2.75) is 19.1 Å². The van der Waals surface area contributed by atoms with E-state index >= 15 is 0 Å². The lowest BCUT2D eigenvalue weighted by molar-refractivity contribution is 0.209. The monoisotopic (exact) mass is 511 g/mol. The highest BCUT2D eigenvalue weighted by molar-refractivity contribution is 6.32. The fourth-order valence-corrected chi connectivity index (χ4v) is 4.34. The first-order valence-electron chi connectivity index (χ1n) is 11.4. The van der Waals surface area contributed by atoms with Crippen molar-refractivity contribution < 1.29 is 18.3 Å². The molecular weight excluding hydrogens is 488 g/mol. The topological polar surface area (TPSA) is 85.5 Å². The molecule has 1 saturated heterocycles. The van der Waals surface area contributed by atoms with Gasteiger partial charge in [-0.05, 0) is 43.3 Å². The van der Waals surface area contributed by atoms with E-state index < -0.39 is 5.82 Å². The molecule has 1 aliphatic rings. The highest BCUT2D eigenvalue weighted by Gasteiger charge is 2.22. The Bertz CT molecular complexity index is 1420. The number of rotatable bonds is 7. The highest BCUT2D eigenvalue weighted by atomic mass is 35.5. The van der Waals surface area contributed by atoms with Gasteiger partial charge in [-0.2, -0.15) is 0 Å². The van der Waals surface area contributed by atoms with Crippen LogP contribution in [0, 0.1) is 11.6 Å². The van der Waals surface area contributed by atoms with E-state index in [1.807, 2.05) is 7.05 Å². The number of nitrogens with two attached hydrogens (primary N) is 1. The first-order chi connectivity index (χ1) is 17.4. The van der Waals surface area contributed by atoms with Crippen LogP contribution in [0.4, 0.5) is 26.0 Å². The van der Waals surface area contributed by atoms with Crippen LogP contribution in [0.25, 0.3) is 10.9 Å². The second kappa shape index (κ2) is 10.1. The Kier molecular flexibility index (Phi) is 6.75. The average Bonchev–Trinajstić information content (AvgIpc) is 3.26. The minimum absolute atomic E-state index is 0.0427. The van der Waals surface area contributed by atoms with Gasteiger partial charge in [-0.1, -0.05) is 23.7 Å². The van der Waals surface area contributed by atoms with E-state index in [1.54, 1.807) is 24.3 Å². The van der Waals surface area contributed by atoms with E-state index in [4.69, 9.17) is 26.8 Å². The molecule has 1 fully saturated rings. The number of benzene rings is 3. The van der Waals surface area contributed by atoms with Crippen molar-refractivity contribution in [3.8, 4) is 11.5 Å². The maximum Gasteiger partial charge on any atom is 0.150 e. The second-order valence-corrected chi connectivity index (χ2v) is 9.13. The zero-order valence-corrected chi connectivity index (χ0v) is 20.2. The van der Waals surface area contributed by atoms with Crippen molar-refractivity contribution in [2.75, 3.05) is 31.2 Å². The summed E-state index contributed by atoms with van der Waals surface area (Å²) in [4.78, 5) is 10.8. The van der Waals surface area contributed by atoms with Crippen molar-refractivity contribution in [3.05, 3.63) is 77.1 Å². The number of nitrogen functional groups attached to an aromatic ring is 1. The number of hydrogen-bond donors (Lipinski definition) is 2. The van der Waals surface area contributed by atoms with Crippen LogP contribution >= 0.6 is 11.6 Å². The zero-order valence-electron chi connectivity index (χ0n) is 19.5. The molecule has 0 aliphatic carbocycles. The molecule has 1 aromatic heterocycles. The van der Waals surface area contributed by atoms with E-state index in [9.17, 15) is 8.78 Å². The quantitative estimate of drug-likeness (QED) is 0.315.